The number of amides is 1. The number of alkyl carbamates (subject to hydrolysis) is 1. The highest BCUT2D eigenvalue weighted by Gasteiger charge is 2.53. The van der Waals surface area contributed by atoms with Crippen LogP contribution in [0, 0.1) is 5.92 Å². The second-order valence-electron chi connectivity index (χ2n) is 6.40. The van der Waals surface area contributed by atoms with Crippen LogP contribution in [0.4, 0.5) is 4.79 Å². The molecule has 21 heavy (non-hydrogen) atoms. The van der Waals surface area contributed by atoms with Gasteiger partial charge in [-0.05, 0) is 20.8 Å². The Labute approximate surface area is 124 Å². The fraction of sp³-hybridized carbons (Fsp3) is 0.857. The van der Waals surface area contributed by atoms with Crippen LogP contribution >= 0.6 is 0 Å². The van der Waals surface area contributed by atoms with Crippen LogP contribution in [0.25, 0.3) is 0 Å². The quantitative estimate of drug-likeness (QED) is 0.772. The molecule has 1 heterocycles. The fourth-order valence-electron chi connectivity index (χ4n) is 2.78. The Morgan fingerprint density at radius 3 is 2.33 bits per heavy atom. The van der Waals surface area contributed by atoms with Gasteiger partial charge in [-0.3, -0.25) is 4.79 Å². The second kappa shape index (κ2) is 5.81. The molecule has 1 saturated heterocycles. The second-order valence-corrected chi connectivity index (χ2v) is 6.40. The highest BCUT2D eigenvalue weighted by atomic mass is 16.7. The maximum Gasteiger partial charge on any atom is 0.407 e. The van der Waals surface area contributed by atoms with Gasteiger partial charge < -0.3 is 24.3 Å². The summed E-state index contributed by atoms with van der Waals surface area (Å²) in [7, 11) is 1.33. The molecule has 1 aliphatic carbocycles. The molecule has 1 spiro atoms. The molecule has 2 fully saturated rings. The van der Waals surface area contributed by atoms with Crippen molar-refractivity contribution in [2.75, 3.05) is 20.3 Å². The summed E-state index contributed by atoms with van der Waals surface area (Å²) >= 11 is 0. The van der Waals surface area contributed by atoms with E-state index in [4.69, 9.17) is 18.9 Å². The summed E-state index contributed by atoms with van der Waals surface area (Å²) in [5, 5.41) is 2.73. The molecule has 7 heteroatoms. The molecule has 1 saturated carbocycles. The third-order valence-corrected chi connectivity index (χ3v) is 3.57. The van der Waals surface area contributed by atoms with Crippen molar-refractivity contribution in [3.63, 3.8) is 0 Å². The predicted octanol–water partition coefficient (Wildman–Crippen LogP) is 1.21. The minimum absolute atomic E-state index is 0.375. The number of ether oxygens (including phenoxy) is 4. The number of hydrogen-bond donors (Lipinski definition) is 1. The molecular weight excluding hydrogens is 278 g/mol. The van der Waals surface area contributed by atoms with Crippen LogP contribution in [-0.4, -0.2) is 49.8 Å². The highest BCUT2D eigenvalue weighted by molar-refractivity contribution is 5.76. The first-order chi connectivity index (χ1) is 9.75. The average molecular weight is 301 g/mol. The van der Waals surface area contributed by atoms with Gasteiger partial charge in [-0.1, -0.05) is 0 Å². The molecule has 120 valence electrons. The van der Waals surface area contributed by atoms with Crippen LogP contribution in [0.3, 0.4) is 0 Å². The lowest BCUT2D eigenvalue weighted by molar-refractivity contribution is -0.161. The fourth-order valence-corrected chi connectivity index (χ4v) is 2.78. The first-order valence-electron chi connectivity index (χ1n) is 7.10. The number of nitrogens with one attached hydrogen (secondary N) is 1. The van der Waals surface area contributed by atoms with Gasteiger partial charge in [0, 0.05) is 12.8 Å². The summed E-state index contributed by atoms with van der Waals surface area (Å²) in [6.07, 6.45) is 0.225. The van der Waals surface area contributed by atoms with E-state index in [2.05, 4.69) is 5.32 Å². The van der Waals surface area contributed by atoms with Gasteiger partial charge in [0.1, 0.15) is 5.60 Å². The van der Waals surface area contributed by atoms with Gasteiger partial charge in [0.2, 0.25) is 0 Å². The Bertz CT molecular complexity index is 410. The Morgan fingerprint density at radius 2 is 1.81 bits per heavy atom. The monoisotopic (exact) mass is 301 g/mol. The molecule has 1 amide bonds. The van der Waals surface area contributed by atoms with Crippen molar-refractivity contribution < 1.29 is 28.5 Å². The summed E-state index contributed by atoms with van der Waals surface area (Å²) in [4.78, 5) is 23.8. The molecule has 0 aromatic carbocycles. The average Bonchev–Trinajstić information content (AvgIpc) is 2.94. The molecule has 2 aliphatic rings. The number of hydrogen-bond acceptors (Lipinski definition) is 6. The van der Waals surface area contributed by atoms with E-state index in [9.17, 15) is 9.59 Å². The molecule has 0 bridgehead atoms. The lowest BCUT2D eigenvalue weighted by Crippen LogP contribution is -2.43. The molecular formula is C14H23NO6. The van der Waals surface area contributed by atoms with E-state index in [0.717, 1.165) is 0 Å². The molecule has 0 aromatic heterocycles. The zero-order valence-corrected chi connectivity index (χ0v) is 12.9. The number of rotatable bonds is 2. The van der Waals surface area contributed by atoms with Crippen LogP contribution in [-0.2, 0) is 23.7 Å². The SMILES string of the molecule is COC(=O)C1CC2(C[C@H]1NC(=O)OC(C)(C)C)OCCO2. The maximum atomic E-state index is 11.9. The van der Waals surface area contributed by atoms with E-state index in [1.165, 1.54) is 7.11 Å². The van der Waals surface area contributed by atoms with Crippen LogP contribution < -0.4 is 5.32 Å². The van der Waals surface area contributed by atoms with Gasteiger partial charge in [0.15, 0.2) is 5.79 Å². The van der Waals surface area contributed by atoms with Gasteiger partial charge in [0.25, 0.3) is 0 Å². The molecule has 0 aromatic rings. The first-order valence-corrected chi connectivity index (χ1v) is 7.10. The summed E-state index contributed by atoms with van der Waals surface area (Å²) in [5.74, 6) is -1.67. The van der Waals surface area contributed by atoms with Crippen molar-refractivity contribution in [1.29, 1.82) is 0 Å². The Kier molecular flexibility index (Phi) is 4.43. The predicted molar refractivity (Wildman–Crippen MR) is 72.5 cm³/mol. The molecule has 7 nitrogen and oxygen atoms in total. The van der Waals surface area contributed by atoms with Gasteiger partial charge in [-0.2, -0.15) is 0 Å². The van der Waals surface area contributed by atoms with E-state index in [1.54, 1.807) is 20.8 Å². The molecule has 2 rings (SSSR count). The lowest BCUT2D eigenvalue weighted by atomic mass is 10.0. The van der Waals surface area contributed by atoms with E-state index >= 15 is 0 Å². The largest absolute Gasteiger partial charge is 0.469 e. The summed E-state index contributed by atoms with van der Waals surface area (Å²) in [6.45, 7) is 6.33. The van der Waals surface area contributed by atoms with Crippen LogP contribution in [0.1, 0.15) is 33.6 Å². The minimum Gasteiger partial charge on any atom is -0.469 e. The summed E-state index contributed by atoms with van der Waals surface area (Å²) in [6, 6.07) is -0.426. The number of esters is 1. The number of carbonyl (C=O) groups excluding carboxylic acids is 2. The number of methoxy groups -OCH3 is 1. The van der Waals surface area contributed by atoms with E-state index in [-0.39, 0.29) is 5.97 Å². The van der Waals surface area contributed by atoms with Gasteiger partial charge in [-0.25, -0.2) is 4.79 Å². The smallest absolute Gasteiger partial charge is 0.407 e. The molecule has 0 radical (unpaired) electrons. The van der Waals surface area contributed by atoms with E-state index in [0.29, 0.717) is 26.1 Å². The normalized spacial score (nSPS) is 27.6. The van der Waals surface area contributed by atoms with Gasteiger partial charge in [0.05, 0.1) is 32.3 Å². The Morgan fingerprint density at radius 1 is 1.19 bits per heavy atom. The third-order valence-electron chi connectivity index (χ3n) is 3.57. The zero-order chi connectivity index (χ0) is 15.7. The first kappa shape index (κ1) is 16.0. The number of carbonyl (C=O) groups is 2. The Hall–Kier alpha value is -1.34. The molecule has 1 N–H and O–H groups in total. The third kappa shape index (κ3) is 3.85. The maximum absolute atomic E-state index is 11.9. The topological polar surface area (TPSA) is 83.1 Å². The van der Waals surface area contributed by atoms with E-state index < -0.39 is 29.4 Å². The van der Waals surface area contributed by atoms with Crippen LogP contribution in [0.5, 0.6) is 0 Å². The lowest BCUT2D eigenvalue weighted by Gasteiger charge is -2.24. The highest BCUT2D eigenvalue weighted by Crippen LogP contribution is 2.41. The van der Waals surface area contributed by atoms with E-state index in [1.807, 2.05) is 0 Å². The minimum atomic E-state index is -0.793. The van der Waals surface area contributed by atoms with Crippen molar-refractivity contribution in [3.05, 3.63) is 0 Å². The van der Waals surface area contributed by atoms with Crippen molar-refractivity contribution in [2.45, 2.75) is 51.0 Å². The summed E-state index contributed by atoms with van der Waals surface area (Å²) in [5.41, 5.74) is -0.596. The molecule has 1 unspecified atom stereocenters. The zero-order valence-electron chi connectivity index (χ0n) is 12.9. The summed E-state index contributed by atoms with van der Waals surface area (Å²) < 4.78 is 21.3. The van der Waals surface area contributed by atoms with Crippen molar-refractivity contribution >= 4 is 12.1 Å². The molecule has 1 aliphatic heterocycles. The van der Waals surface area contributed by atoms with Crippen LogP contribution in [0.2, 0.25) is 0 Å². The van der Waals surface area contributed by atoms with Crippen molar-refractivity contribution in [2.24, 2.45) is 5.92 Å². The Balaban J connectivity index is 2.04. The van der Waals surface area contributed by atoms with Crippen molar-refractivity contribution in [1.82, 2.24) is 5.32 Å². The standard InChI is InChI=1S/C14H23NO6/c1-13(2,3)21-12(17)15-10-8-14(19-5-6-20-14)7-9(10)11(16)18-4/h9-10H,5-8H2,1-4H3,(H,15,17)/t9?,10-/m1/s1. The van der Waals surface area contributed by atoms with Gasteiger partial charge >= 0.3 is 12.1 Å². The van der Waals surface area contributed by atoms with Crippen LogP contribution in [0.15, 0.2) is 0 Å². The van der Waals surface area contributed by atoms with Gasteiger partial charge in [-0.15, -0.1) is 0 Å². The molecule has 2 atom stereocenters. The van der Waals surface area contributed by atoms with Crippen molar-refractivity contribution in [3.8, 4) is 0 Å².